The lowest BCUT2D eigenvalue weighted by atomic mass is 10.0. The molecule has 1 aromatic carbocycles. The van der Waals surface area contributed by atoms with Gasteiger partial charge in [-0.2, -0.15) is 0 Å². The molecule has 2 aliphatic heterocycles. The van der Waals surface area contributed by atoms with Crippen molar-refractivity contribution < 1.29 is 37.3 Å². The first-order chi connectivity index (χ1) is 17.1. The average molecular weight is 589 g/mol. The summed E-state index contributed by atoms with van der Waals surface area (Å²) >= 11 is 4.44. The number of aliphatic carboxylic acids is 1. The van der Waals surface area contributed by atoms with Crippen molar-refractivity contribution in [2.24, 2.45) is 4.99 Å². The molecule has 4 rings (SSSR count). The van der Waals surface area contributed by atoms with Gasteiger partial charge in [-0.05, 0) is 28.9 Å². The Morgan fingerprint density at radius 3 is 2.83 bits per heavy atom. The number of carbonyl (C=O) groups is 2. The Bertz CT molecular complexity index is 1220. The number of amidine groups is 1. The van der Waals surface area contributed by atoms with E-state index in [-0.39, 0.29) is 40.5 Å². The lowest BCUT2D eigenvalue weighted by Crippen LogP contribution is -2.43. The van der Waals surface area contributed by atoms with Crippen LogP contribution in [0.25, 0.3) is 0 Å². The maximum absolute atomic E-state index is 14.4. The number of nitrogens with zero attached hydrogens (tertiary/aromatic N) is 3. The highest BCUT2D eigenvalue weighted by Crippen LogP contribution is 2.39. The summed E-state index contributed by atoms with van der Waals surface area (Å²) in [6.07, 6.45) is -0.415. The number of carboxylic acids is 1. The first-order valence-electron chi connectivity index (χ1n) is 10.7. The molecule has 192 valence electrons. The van der Waals surface area contributed by atoms with Gasteiger partial charge in [-0.1, -0.05) is 12.1 Å². The van der Waals surface area contributed by atoms with Crippen LogP contribution in [0, 0.1) is 5.82 Å². The number of alkyl halides is 2. The van der Waals surface area contributed by atoms with Crippen LogP contribution in [0.15, 0.2) is 50.7 Å². The summed E-state index contributed by atoms with van der Waals surface area (Å²) < 4.78 is 53.2. The number of ether oxygens (including phenoxy) is 2. The Morgan fingerprint density at radius 2 is 2.17 bits per heavy atom. The van der Waals surface area contributed by atoms with Gasteiger partial charge < -0.3 is 19.9 Å². The van der Waals surface area contributed by atoms with Crippen LogP contribution in [0.4, 0.5) is 18.0 Å². The molecule has 36 heavy (non-hydrogen) atoms. The van der Waals surface area contributed by atoms with Crippen LogP contribution in [0.1, 0.15) is 30.0 Å². The van der Waals surface area contributed by atoms with E-state index in [1.165, 1.54) is 29.7 Å². The molecular formula is C22H20BrF3N4O5S. The highest BCUT2D eigenvalue weighted by atomic mass is 79.9. The quantitative estimate of drug-likeness (QED) is 0.460. The third-order valence-electron chi connectivity index (χ3n) is 5.45. The smallest absolute Gasteiger partial charge is 0.480 e. The summed E-state index contributed by atoms with van der Waals surface area (Å²) in [4.78, 5) is 33.9. The number of rotatable bonds is 7. The van der Waals surface area contributed by atoms with Crippen molar-refractivity contribution >= 4 is 45.2 Å². The predicted molar refractivity (Wildman–Crippen MR) is 126 cm³/mol. The normalized spacial score (nSPS) is 21.6. The number of aromatic nitrogens is 1. The fourth-order valence-corrected chi connectivity index (χ4v) is 5.02. The highest BCUT2D eigenvalue weighted by Gasteiger charge is 2.49. The van der Waals surface area contributed by atoms with Gasteiger partial charge in [-0.15, -0.1) is 11.3 Å². The number of aliphatic imine (C=N–C) groups is 1. The van der Waals surface area contributed by atoms with Crippen LogP contribution in [0.3, 0.4) is 0 Å². The van der Waals surface area contributed by atoms with Crippen molar-refractivity contribution in [2.75, 3.05) is 19.7 Å². The van der Waals surface area contributed by atoms with Crippen LogP contribution in [0.2, 0.25) is 0 Å². The SMILES string of the molecule is CCOC(=O)OC1=C(CN2CC(F)(F)C[C@H]2C(=O)O)NC(c2nccs2)=N[C@@H]1c1cccc(F)c1Br. The second-order valence-electron chi connectivity index (χ2n) is 7.93. The maximum Gasteiger partial charge on any atom is 0.513 e. The molecule has 0 radical (unpaired) electrons. The van der Waals surface area contributed by atoms with Gasteiger partial charge in [0.05, 0.1) is 23.3 Å². The summed E-state index contributed by atoms with van der Waals surface area (Å²) in [7, 11) is 0. The van der Waals surface area contributed by atoms with Crippen LogP contribution in [0.5, 0.6) is 0 Å². The molecule has 2 aliphatic rings. The van der Waals surface area contributed by atoms with Gasteiger partial charge in [-0.3, -0.25) is 9.69 Å². The molecular weight excluding hydrogens is 569 g/mol. The minimum absolute atomic E-state index is 0.00370. The number of halogens is 4. The van der Waals surface area contributed by atoms with E-state index in [4.69, 9.17) is 9.47 Å². The van der Waals surface area contributed by atoms with Crippen LogP contribution in [-0.2, 0) is 14.3 Å². The Morgan fingerprint density at radius 1 is 1.39 bits per heavy atom. The van der Waals surface area contributed by atoms with E-state index in [9.17, 15) is 27.9 Å². The Hall–Kier alpha value is -2.97. The van der Waals surface area contributed by atoms with E-state index >= 15 is 0 Å². The molecule has 0 spiro atoms. The monoisotopic (exact) mass is 588 g/mol. The van der Waals surface area contributed by atoms with Gasteiger partial charge in [0.1, 0.15) is 17.9 Å². The van der Waals surface area contributed by atoms with Gasteiger partial charge in [0.2, 0.25) is 0 Å². The standard InChI is InChI=1S/C22H20BrF3N4O5S/c1-2-34-21(33)35-17-13(9-30-10-22(25,26)8-14(30)20(31)32)28-18(19-27-6-7-36-19)29-16(17)11-4-3-5-12(24)15(11)23/h3-7,14,16H,2,8-10H2,1H3,(H,28,29)(H,31,32)/t14-,16+/m0/s1. The zero-order valence-electron chi connectivity index (χ0n) is 18.7. The van der Waals surface area contributed by atoms with Crippen LogP contribution >= 0.6 is 27.3 Å². The molecule has 0 bridgehead atoms. The topological polar surface area (TPSA) is 113 Å². The number of carboxylic acid groups (broad SMARTS) is 1. The molecule has 9 nitrogen and oxygen atoms in total. The molecule has 0 unspecified atom stereocenters. The van der Waals surface area contributed by atoms with E-state index in [1.54, 1.807) is 18.4 Å². The molecule has 1 saturated heterocycles. The third kappa shape index (κ3) is 5.55. The molecule has 1 fully saturated rings. The lowest BCUT2D eigenvalue weighted by Gasteiger charge is -2.30. The first-order valence-corrected chi connectivity index (χ1v) is 12.4. The van der Waals surface area contributed by atoms with Crippen molar-refractivity contribution in [3.63, 3.8) is 0 Å². The van der Waals surface area contributed by atoms with Gasteiger partial charge in [0.25, 0.3) is 5.92 Å². The molecule has 0 amide bonds. The fraction of sp³-hybridized carbons (Fsp3) is 0.364. The predicted octanol–water partition coefficient (Wildman–Crippen LogP) is 4.31. The zero-order chi connectivity index (χ0) is 26.0. The maximum atomic E-state index is 14.4. The highest BCUT2D eigenvalue weighted by molar-refractivity contribution is 9.10. The summed E-state index contributed by atoms with van der Waals surface area (Å²) in [6.45, 7) is 0.393. The second-order valence-corrected chi connectivity index (χ2v) is 9.62. The van der Waals surface area contributed by atoms with Gasteiger partial charge in [0, 0.05) is 30.1 Å². The number of nitrogens with one attached hydrogen (secondary N) is 1. The number of likely N-dealkylation sites (tertiary alicyclic amines) is 1. The molecule has 2 aromatic rings. The van der Waals surface area contributed by atoms with E-state index in [0.717, 1.165) is 4.90 Å². The Labute approximate surface area is 215 Å². The summed E-state index contributed by atoms with van der Waals surface area (Å²) in [5, 5.41) is 14.6. The largest absolute Gasteiger partial charge is 0.513 e. The van der Waals surface area contributed by atoms with Crippen molar-refractivity contribution in [3.05, 3.63) is 62.1 Å². The van der Waals surface area contributed by atoms with Gasteiger partial charge >= 0.3 is 12.1 Å². The number of carbonyl (C=O) groups excluding carboxylic acids is 1. The van der Waals surface area contributed by atoms with Crippen LogP contribution < -0.4 is 5.32 Å². The van der Waals surface area contributed by atoms with E-state index < -0.39 is 48.9 Å². The van der Waals surface area contributed by atoms with E-state index in [0.29, 0.717) is 5.01 Å². The number of benzene rings is 1. The second kappa shape index (κ2) is 10.6. The Balaban J connectivity index is 1.83. The molecule has 2 N–H and O–H groups in total. The number of thiazole rings is 1. The summed E-state index contributed by atoms with van der Waals surface area (Å²) in [5.74, 6) is -5.15. The average Bonchev–Trinajstić information content (AvgIpc) is 3.45. The molecule has 14 heteroatoms. The number of hydrogen-bond acceptors (Lipinski definition) is 9. The minimum Gasteiger partial charge on any atom is -0.480 e. The van der Waals surface area contributed by atoms with Gasteiger partial charge in [0.15, 0.2) is 16.6 Å². The van der Waals surface area contributed by atoms with Crippen molar-refractivity contribution in [1.82, 2.24) is 15.2 Å². The zero-order valence-corrected chi connectivity index (χ0v) is 21.1. The van der Waals surface area contributed by atoms with Gasteiger partial charge in [-0.25, -0.2) is 27.9 Å². The summed E-state index contributed by atoms with van der Waals surface area (Å²) in [5.41, 5.74) is 0.372. The minimum atomic E-state index is -3.22. The third-order valence-corrected chi connectivity index (χ3v) is 7.07. The van der Waals surface area contributed by atoms with Crippen molar-refractivity contribution in [1.29, 1.82) is 0 Å². The first kappa shape index (κ1) is 26.1. The molecule has 0 aliphatic carbocycles. The van der Waals surface area contributed by atoms with E-state index in [2.05, 4.69) is 31.2 Å². The molecule has 1 aromatic heterocycles. The molecule has 0 saturated carbocycles. The van der Waals surface area contributed by atoms with Crippen molar-refractivity contribution in [3.8, 4) is 0 Å². The van der Waals surface area contributed by atoms with E-state index in [1.807, 2.05) is 0 Å². The van der Waals surface area contributed by atoms with Crippen LogP contribution in [-0.4, -0.2) is 64.6 Å². The lowest BCUT2D eigenvalue weighted by molar-refractivity contribution is -0.142. The summed E-state index contributed by atoms with van der Waals surface area (Å²) in [6, 6.07) is 1.64. The Kier molecular flexibility index (Phi) is 7.66. The molecule has 3 heterocycles. The number of hydrogen-bond donors (Lipinski definition) is 2. The fourth-order valence-electron chi connectivity index (χ4n) is 3.95. The molecule has 2 atom stereocenters. The van der Waals surface area contributed by atoms with Crippen molar-refractivity contribution in [2.45, 2.75) is 31.4 Å².